The maximum Gasteiger partial charge on any atom is 0.122 e. The number of hydrogen-bond donors (Lipinski definition) is 0. The fraction of sp³-hybridized carbons (Fsp3) is 0.250. The molecular weight excluding hydrogens is 315 g/mol. The van der Waals surface area contributed by atoms with Crippen LogP contribution >= 0.6 is 34.8 Å². The molecule has 104 valence electrons. The lowest BCUT2D eigenvalue weighted by molar-refractivity contribution is 0.288. The lowest BCUT2D eigenvalue weighted by Gasteiger charge is -2.19. The van der Waals surface area contributed by atoms with Crippen LogP contribution in [0.4, 0.5) is 0 Å². The lowest BCUT2D eigenvalue weighted by Crippen LogP contribution is -2.08. The van der Waals surface area contributed by atoms with Crippen molar-refractivity contribution < 1.29 is 4.74 Å². The number of fused-ring (bicyclic) bond motifs is 1. The predicted molar refractivity (Wildman–Crippen MR) is 84.4 cm³/mol. The van der Waals surface area contributed by atoms with Gasteiger partial charge in [0.2, 0.25) is 0 Å². The number of benzene rings is 2. The van der Waals surface area contributed by atoms with Crippen LogP contribution in [-0.2, 0) is 6.42 Å². The van der Waals surface area contributed by atoms with Crippen LogP contribution in [0.1, 0.15) is 28.5 Å². The van der Waals surface area contributed by atoms with E-state index in [0.29, 0.717) is 10.0 Å². The summed E-state index contributed by atoms with van der Waals surface area (Å²) >= 11 is 18.6. The van der Waals surface area contributed by atoms with Crippen LogP contribution < -0.4 is 4.74 Å². The quantitative estimate of drug-likeness (QED) is 0.648. The highest BCUT2D eigenvalue weighted by molar-refractivity contribution is 6.35. The average Bonchev–Trinajstić information content (AvgIpc) is 2.45. The minimum Gasteiger partial charge on any atom is -0.493 e. The van der Waals surface area contributed by atoms with Gasteiger partial charge in [-0.25, -0.2) is 0 Å². The molecule has 0 spiro atoms. The summed E-state index contributed by atoms with van der Waals surface area (Å²) in [6.07, 6.45) is 2.08. The first-order valence-corrected chi connectivity index (χ1v) is 7.68. The highest BCUT2D eigenvalue weighted by Gasteiger charge is 2.16. The second-order valence-corrected chi connectivity index (χ2v) is 6.19. The Morgan fingerprint density at radius 2 is 1.70 bits per heavy atom. The van der Waals surface area contributed by atoms with E-state index >= 15 is 0 Å². The third-order valence-electron chi connectivity index (χ3n) is 3.40. The molecule has 0 saturated carbocycles. The smallest absolute Gasteiger partial charge is 0.122 e. The van der Waals surface area contributed by atoms with Gasteiger partial charge in [-0.15, -0.1) is 11.6 Å². The van der Waals surface area contributed by atoms with Crippen molar-refractivity contribution >= 4 is 34.8 Å². The van der Waals surface area contributed by atoms with Crippen LogP contribution in [-0.4, -0.2) is 6.61 Å². The Balaban J connectivity index is 1.95. The van der Waals surface area contributed by atoms with Gasteiger partial charge in [-0.3, -0.25) is 0 Å². The molecule has 1 heterocycles. The van der Waals surface area contributed by atoms with E-state index in [4.69, 9.17) is 39.5 Å². The van der Waals surface area contributed by atoms with Gasteiger partial charge in [0.1, 0.15) is 5.75 Å². The monoisotopic (exact) mass is 326 g/mol. The van der Waals surface area contributed by atoms with Crippen LogP contribution in [0.15, 0.2) is 36.4 Å². The molecule has 0 saturated heterocycles. The molecule has 0 aliphatic carbocycles. The van der Waals surface area contributed by atoms with E-state index in [1.807, 2.05) is 24.3 Å². The fourth-order valence-electron chi connectivity index (χ4n) is 2.45. The molecule has 4 heteroatoms. The molecule has 20 heavy (non-hydrogen) atoms. The van der Waals surface area contributed by atoms with Gasteiger partial charge < -0.3 is 4.74 Å². The van der Waals surface area contributed by atoms with Gasteiger partial charge in [-0.2, -0.15) is 0 Å². The maximum absolute atomic E-state index is 6.56. The molecule has 0 amide bonds. The first-order valence-electron chi connectivity index (χ1n) is 6.49. The zero-order valence-corrected chi connectivity index (χ0v) is 13.0. The standard InChI is InChI=1S/C16H13Cl3O/c17-13-7-12(8-14(18)9-13)16(19)11-3-4-15-10(6-11)2-1-5-20-15/h3-4,6-9,16H,1-2,5H2. The van der Waals surface area contributed by atoms with Crippen LogP contribution in [0.3, 0.4) is 0 Å². The maximum atomic E-state index is 6.56. The molecule has 0 bridgehead atoms. The molecule has 0 fully saturated rings. The number of aryl methyl sites for hydroxylation is 1. The Hall–Kier alpha value is -0.890. The second-order valence-electron chi connectivity index (χ2n) is 4.88. The van der Waals surface area contributed by atoms with Crippen molar-refractivity contribution in [2.24, 2.45) is 0 Å². The third kappa shape index (κ3) is 2.90. The summed E-state index contributed by atoms with van der Waals surface area (Å²) in [5, 5.41) is 0.928. The molecule has 2 aromatic carbocycles. The molecule has 1 aliphatic rings. The second kappa shape index (κ2) is 5.85. The summed E-state index contributed by atoms with van der Waals surface area (Å²) in [7, 11) is 0. The Labute approximate surface area is 133 Å². The molecular formula is C16H13Cl3O. The molecule has 1 nitrogen and oxygen atoms in total. The highest BCUT2D eigenvalue weighted by Crippen LogP contribution is 2.35. The zero-order valence-electron chi connectivity index (χ0n) is 10.7. The summed E-state index contributed by atoms with van der Waals surface area (Å²) in [6.45, 7) is 0.792. The largest absolute Gasteiger partial charge is 0.493 e. The lowest BCUT2D eigenvalue weighted by atomic mass is 9.98. The number of alkyl halides is 1. The van der Waals surface area contributed by atoms with Gasteiger partial charge >= 0.3 is 0 Å². The van der Waals surface area contributed by atoms with E-state index in [0.717, 1.165) is 36.3 Å². The molecule has 0 aromatic heterocycles. The zero-order chi connectivity index (χ0) is 14.1. The van der Waals surface area contributed by atoms with Crippen molar-refractivity contribution in [3.05, 3.63) is 63.1 Å². The van der Waals surface area contributed by atoms with Crippen molar-refractivity contribution in [2.45, 2.75) is 18.2 Å². The van der Waals surface area contributed by atoms with Gasteiger partial charge in [-0.05, 0) is 53.8 Å². The first kappa shape index (κ1) is 14.1. The molecule has 1 atom stereocenters. The Morgan fingerprint density at radius 1 is 0.950 bits per heavy atom. The summed E-state index contributed by atoms with van der Waals surface area (Å²) in [4.78, 5) is 0. The molecule has 0 N–H and O–H groups in total. The number of hydrogen-bond acceptors (Lipinski definition) is 1. The normalized spacial score (nSPS) is 15.3. The van der Waals surface area contributed by atoms with Gasteiger partial charge in [0.25, 0.3) is 0 Å². The van der Waals surface area contributed by atoms with E-state index in [2.05, 4.69) is 6.07 Å². The summed E-state index contributed by atoms with van der Waals surface area (Å²) in [5.74, 6) is 0.966. The Morgan fingerprint density at radius 3 is 2.45 bits per heavy atom. The molecule has 1 aliphatic heterocycles. The van der Waals surface area contributed by atoms with E-state index < -0.39 is 0 Å². The van der Waals surface area contributed by atoms with Crippen molar-refractivity contribution in [1.82, 2.24) is 0 Å². The number of ether oxygens (including phenoxy) is 1. The SMILES string of the molecule is Clc1cc(Cl)cc(C(Cl)c2ccc3c(c2)CCCO3)c1. The van der Waals surface area contributed by atoms with Gasteiger partial charge in [-0.1, -0.05) is 35.3 Å². The first-order chi connectivity index (χ1) is 9.63. The van der Waals surface area contributed by atoms with E-state index in [1.165, 1.54) is 5.56 Å². The van der Waals surface area contributed by atoms with Gasteiger partial charge in [0, 0.05) is 10.0 Å². The third-order valence-corrected chi connectivity index (χ3v) is 4.34. The molecule has 0 radical (unpaired) electrons. The van der Waals surface area contributed by atoms with Gasteiger partial charge in [0.05, 0.1) is 12.0 Å². The highest BCUT2D eigenvalue weighted by atomic mass is 35.5. The Bertz CT molecular complexity index is 619. The Kier molecular flexibility index (Phi) is 4.11. The van der Waals surface area contributed by atoms with E-state index in [9.17, 15) is 0 Å². The van der Waals surface area contributed by atoms with Crippen LogP contribution in [0.25, 0.3) is 0 Å². The molecule has 1 unspecified atom stereocenters. The van der Waals surface area contributed by atoms with Crippen LogP contribution in [0.2, 0.25) is 10.0 Å². The van der Waals surface area contributed by atoms with Crippen LogP contribution in [0, 0.1) is 0 Å². The van der Waals surface area contributed by atoms with Crippen molar-refractivity contribution in [3.63, 3.8) is 0 Å². The average molecular weight is 328 g/mol. The number of halogens is 3. The summed E-state index contributed by atoms with van der Waals surface area (Å²) in [5.41, 5.74) is 3.16. The van der Waals surface area contributed by atoms with E-state index in [-0.39, 0.29) is 5.38 Å². The molecule has 2 aromatic rings. The fourth-order valence-corrected chi connectivity index (χ4v) is 3.26. The number of rotatable bonds is 2. The van der Waals surface area contributed by atoms with Crippen molar-refractivity contribution in [1.29, 1.82) is 0 Å². The van der Waals surface area contributed by atoms with Crippen molar-refractivity contribution in [3.8, 4) is 5.75 Å². The van der Waals surface area contributed by atoms with Crippen molar-refractivity contribution in [2.75, 3.05) is 6.61 Å². The topological polar surface area (TPSA) is 9.23 Å². The predicted octanol–water partition coefficient (Wildman–Crippen LogP) is 5.65. The van der Waals surface area contributed by atoms with E-state index in [1.54, 1.807) is 6.07 Å². The minimum atomic E-state index is -0.265. The summed E-state index contributed by atoms with van der Waals surface area (Å²) in [6, 6.07) is 11.5. The van der Waals surface area contributed by atoms with Crippen LogP contribution in [0.5, 0.6) is 5.75 Å². The summed E-state index contributed by atoms with van der Waals surface area (Å²) < 4.78 is 5.62. The minimum absolute atomic E-state index is 0.265. The van der Waals surface area contributed by atoms with Gasteiger partial charge in [0.15, 0.2) is 0 Å². The molecule has 3 rings (SSSR count).